The molecule has 0 radical (unpaired) electrons. The number of fused-ring (bicyclic) bond motifs is 1. The number of carbonyl (C=O) groups is 1. The van der Waals surface area contributed by atoms with Gasteiger partial charge in [-0.1, -0.05) is 6.92 Å². The first-order valence-corrected chi connectivity index (χ1v) is 11.2. The predicted octanol–water partition coefficient (Wildman–Crippen LogP) is 3.46. The summed E-state index contributed by atoms with van der Waals surface area (Å²) in [7, 11) is -4.06. The highest BCUT2D eigenvalue weighted by Crippen LogP contribution is 2.35. The van der Waals surface area contributed by atoms with Gasteiger partial charge in [0.2, 0.25) is 15.9 Å². The number of nitrogens with one attached hydrogen (secondary N) is 1. The lowest BCUT2D eigenvalue weighted by atomic mass is 9.98. The maximum Gasteiger partial charge on any atom is 0.573 e. The summed E-state index contributed by atoms with van der Waals surface area (Å²) in [6.45, 7) is 2.04. The first-order chi connectivity index (χ1) is 13.6. The van der Waals surface area contributed by atoms with Crippen molar-refractivity contribution < 1.29 is 31.1 Å². The van der Waals surface area contributed by atoms with Gasteiger partial charge in [-0.3, -0.25) is 4.79 Å². The zero-order valence-corrected chi connectivity index (χ0v) is 17.0. The van der Waals surface area contributed by atoms with Crippen molar-refractivity contribution in [2.75, 3.05) is 13.1 Å². The van der Waals surface area contributed by atoms with E-state index in [2.05, 4.69) is 9.46 Å². The zero-order valence-electron chi connectivity index (χ0n) is 15.4. The summed E-state index contributed by atoms with van der Waals surface area (Å²) in [5.41, 5.74) is 1.10. The molecule has 0 aliphatic carbocycles. The van der Waals surface area contributed by atoms with Gasteiger partial charge in [0.1, 0.15) is 5.75 Å². The molecule has 0 fully saturated rings. The summed E-state index contributed by atoms with van der Waals surface area (Å²) in [4.78, 5) is 15.3. The summed E-state index contributed by atoms with van der Waals surface area (Å²) < 4.78 is 67.3. The fourth-order valence-corrected chi connectivity index (χ4v) is 5.20. The number of nitrogens with zero attached hydrogens (tertiary/aromatic N) is 1. The second-order valence-corrected chi connectivity index (χ2v) is 9.17. The molecule has 11 heteroatoms. The molecule has 2 aromatic rings. The summed E-state index contributed by atoms with van der Waals surface area (Å²) >= 11 is 1.65. The van der Waals surface area contributed by atoms with E-state index < -0.39 is 28.7 Å². The Balaban J connectivity index is 1.65. The highest BCUT2D eigenvalue weighted by molar-refractivity contribution is 7.89. The number of hydrogen-bond acceptors (Lipinski definition) is 5. The number of ether oxygens (including phenoxy) is 1. The first kappa shape index (κ1) is 21.6. The largest absolute Gasteiger partial charge is 0.573 e. The van der Waals surface area contributed by atoms with Gasteiger partial charge in [-0.2, -0.15) is 0 Å². The van der Waals surface area contributed by atoms with E-state index in [4.69, 9.17) is 0 Å². The van der Waals surface area contributed by atoms with Crippen molar-refractivity contribution in [1.82, 2.24) is 9.62 Å². The number of benzene rings is 1. The molecule has 0 saturated heterocycles. The minimum atomic E-state index is -4.86. The normalized spacial score (nSPS) is 17.1. The molecule has 6 nitrogen and oxygen atoms in total. The van der Waals surface area contributed by atoms with Gasteiger partial charge >= 0.3 is 6.36 Å². The van der Waals surface area contributed by atoms with Gasteiger partial charge in [0.25, 0.3) is 0 Å². The second kappa shape index (κ2) is 8.33. The number of thiophene rings is 1. The van der Waals surface area contributed by atoms with Crippen molar-refractivity contribution in [2.45, 2.75) is 37.1 Å². The SMILES string of the molecule is CCC1c2ccsc2CCN1C(=O)CNS(=O)(=O)c1ccc(OC(F)(F)F)cc1. The monoisotopic (exact) mass is 448 g/mol. The maximum atomic E-state index is 12.6. The van der Waals surface area contributed by atoms with Crippen LogP contribution in [0.5, 0.6) is 5.75 Å². The number of rotatable bonds is 6. The fourth-order valence-electron chi connectivity index (χ4n) is 3.30. The third-order valence-electron chi connectivity index (χ3n) is 4.58. The van der Waals surface area contributed by atoms with Crippen LogP contribution in [-0.4, -0.2) is 38.7 Å². The second-order valence-electron chi connectivity index (χ2n) is 6.40. The molecule has 1 aliphatic heterocycles. The molecule has 2 heterocycles. The zero-order chi connectivity index (χ0) is 21.2. The number of carbonyl (C=O) groups excluding carboxylic acids is 1. The topological polar surface area (TPSA) is 75.7 Å². The molecule has 0 saturated carbocycles. The van der Waals surface area contributed by atoms with E-state index in [0.29, 0.717) is 13.0 Å². The highest BCUT2D eigenvalue weighted by atomic mass is 32.2. The lowest BCUT2D eigenvalue weighted by Crippen LogP contribution is -2.44. The molecule has 1 aromatic carbocycles. The third kappa shape index (κ3) is 5.09. The number of halogens is 3. The molecule has 1 aliphatic rings. The van der Waals surface area contributed by atoms with Crippen LogP contribution in [0.25, 0.3) is 0 Å². The molecule has 1 amide bonds. The van der Waals surface area contributed by atoms with Crippen molar-refractivity contribution in [1.29, 1.82) is 0 Å². The van der Waals surface area contributed by atoms with Crippen LogP contribution in [0.1, 0.15) is 29.8 Å². The molecule has 1 atom stereocenters. The van der Waals surface area contributed by atoms with E-state index in [1.165, 1.54) is 4.88 Å². The van der Waals surface area contributed by atoms with E-state index in [9.17, 15) is 26.4 Å². The Kier molecular flexibility index (Phi) is 6.20. The van der Waals surface area contributed by atoms with Gasteiger partial charge in [-0.05, 0) is 54.1 Å². The Morgan fingerprint density at radius 2 is 1.97 bits per heavy atom. The average molecular weight is 448 g/mol. The molecule has 1 unspecified atom stereocenters. The maximum absolute atomic E-state index is 12.6. The molecule has 1 aromatic heterocycles. The van der Waals surface area contributed by atoms with Crippen LogP contribution in [0, 0.1) is 0 Å². The van der Waals surface area contributed by atoms with Crippen molar-refractivity contribution in [3.05, 3.63) is 46.2 Å². The van der Waals surface area contributed by atoms with Crippen LogP contribution >= 0.6 is 11.3 Å². The molecule has 158 valence electrons. The number of hydrogen-bond donors (Lipinski definition) is 1. The van der Waals surface area contributed by atoms with Crippen LogP contribution in [0.15, 0.2) is 40.6 Å². The van der Waals surface area contributed by atoms with Crippen molar-refractivity contribution in [2.24, 2.45) is 0 Å². The van der Waals surface area contributed by atoms with Crippen LogP contribution < -0.4 is 9.46 Å². The Morgan fingerprint density at radius 1 is 1.28 bits per heavy atom. The molecular weight excluding hydrogens is 429 g/mol. The minimum absolute atomic E-state index is 0.0965. The standard InChI is InChI=1S/C18H19F3N2O4S2/c1-2-15-14-8-10-28-16(14)7-9-23(15)17(24)11-22-29(25,26)13-5-3-12(4-6-13)27-18(19,20)21/h3-6,8,10,15,22H,2,7,9,11H2,1H3. The molecular formula is C18H19F3N2O4S2. The third-order valence-corrected chi connectivity index (χ3v) is 7.00. The van der Waals surface area contributed by atoms with Crippen LogP contribution in [0.4, 0.5) is 13.2 Å². The quantitative estimate of drug-likeness (QED) is 0.735. The van der Waals surface area contributed by atoms with Crippen molar-refractivity contribution in [3.8, 4) is 5.75 Å². The van der Waals surface area contributed by atoms with Gasteiger partial charge in [0.15, 0.2) is 0 Å². The Hall–Kier alpha value is -2.11. The van der Waals surface area contributed by atoms with Crippen LogP contribution in [0.2, 0.25) is 0 Å². The molecule has 0 spiro atoms. The average Bonchev–Trinajstić information content (AvgIpc) is 3.13. The number of sulfonamides is 1. The molecule has 0 bridgehead atoms. The van der Waals surface area contributed by atoms with E-state index in [1.807, 2.05) is 18.4 Å². The van der Waals surface area contributed by atoms with Gasteiger partial charge in [-0.25, -0.2) is 13.1 Å². The lowest BCUT2D eigenvalue weighted by Gasteiger charge is -2.35. The van der Waals surface area contributed by atoms with E-state index >= 15 is 0 Å². The minimum Gasteiger partial charge on any atom is -0.406 e. The Bertz CT molecular complexity index is 972. The molecule has 29 heavy (non-hydrogen) atoms. The predicted molar refractivity (Wildman–Crippen MR) is 101 cm³/mol. The van der Waals surface area contributed by atoms with Gasteiger partial charge in [0.05, 0.1) is 17.5 Å². The van der Waals surface area contributed by atoms with Gasteiger partial charge < -0.3 is 9.64 Å². The van der Waals surface area contributed by atoms with Crippen molar-refractivity contribution in [3.63, 3.8) is 0 Å². The summed E-state index contributed by atoms with van der Waals surface area (Å²) in [6.07, 6.45) is -3.43. The van der Waals surface area contributed by atoms with Crippen molar-refractivity contribution >= 4 is 27.3 Å². The smallest absolute Gasteiger partial charge is 0.406 e. The van der Waals surface area contributed by atoms with Gasteiger partial charge in [-0.15, -0.1) is 24.5 Å². The molecule has 1 N–H and O–H groups in total. The Labute approximate surface area is 170 Å². The van der Waals surface area contributed by atoms with E-state index in [0.717, 1.165) is 36.2 Å². The highest BCUT2D eigenvalue weighted by Gasteiger charge is 2.32. The summed E-state index contributed by atoms with van der Waals surface area (Å²) in [5.74, 6) is -0.882. The lowest BCUT2D eigenvalue weighted by molar-refractivity contribution is -0.274. The van der Waals surface area contributed by atoms with E-state index in [-0.39, 0.29) is 16.8 Å². The Morgan fingerprint density at radius 3 is 2.59 bits per heavy atom. The van der Waals surface area contributed by atoms with E-state index in [1.54, 1.807) is 16.2 Å². The van der Waals surface area contributed by atoms with Gasteiger partial charge in [0, 0.05) is 11.4 Å². The fraction of sp³-hybridized carbons (Fsp3) is 0.389. The summed E-state index contributed by atoms with van der Waals surface area (Å²) in [5, 5.41) is 1.98. The number of alkyl halides is 3. The first-order valence-electron chi connectivity index (χ1n) is 8.82. The van der Waals surface area contributed by atoms with Crippen LogP contribution in [0.3, 0.4) is 0 Å². The number of amides is 1. The van der Waals surface area contributed by atoms with Crippen LogP contribution in [-0.2, 0) is 21.2 Å². The molecule has 3 rings (SSSR count). The summed E-state index contributed by atoms with van der Waals surface area (Å²) in [6, 6.07) is 5.67.